The number of halogens is 1. The van der Waals surface area contributed by atoms with Gasteiger partial charge in [0.1, 0.15) is 11.6 Å². The van der Waals surface area contributed by atoms with Crippen molar-refractivity contribution >= 4 is 5.97 Å². The van der Waals surface area contributed by atoms with Gasteiger partial charge in [-0.05, 0) is 19.1 Å². The predicted molar refractivity (Wildman–Crippen MR) is 59.2 cm³/mol. The van der Waals surface area contributed by atoms with Crippen LogP contribution in [0.5, 0.6) is 5.75 Å². The molecule has 0 radical (unpaired) electrons. The molecule has 0 aliphatic rings. The van der Waals surface area contributed by atoms with Crippen molar-refractivity contribution in [2.24, 2.45) is 0 Å². The summed E-state index contributed by atoms with van der Waals surface area (Å²) in [5.74, 6) is -0.762. The summed E-state index contributed by atoms with van der Waals surface area (Å²) >= 11 is 0. The number of rotatable bonds is 5. The second-order valence-electron chi connectivity index (χ2n) is 3.41. The number of carbonyl (C=O) groups is 1. The molecule has 17 heavy (non-hydrogen) atoms. The van der Waals surface area contributed by atoms with Gasteiger partial charge in [0.05, 0.1) is 26.2 Å². The molecule has 5 heteroatoms. The lowest BCUT2D eigenvalue weighted by Crippen LogP contribution is -2.11. The monoisotopic (exact) mass is 242 g/mol. The summed E-state index contributed by atoms with van der Waals surface area (Å²) in [4.78, 5) is 11.2. The molecule has 4 nitrogen and oxygen atoms in total. The summed E-state index contributed by atoms with van der Waals surface area (Å²) in [5, 5.41) is 9.82. The van der Waals surface area contributed by atoms with Gasteiger partial charge in [0.15, 0.2) is 0 Å². The standard InChI is InChI=1S/C12H15FO4/c1-3-17-12(15)7-10(14)9-5-4-8(13)6-11(9)16-2/h4-6,10,14H,3,7H2,1-2H3. The predicted octanol–water partition coefficient (Wildman–Crippen LogP) is 1.82. The number of methoxy groups -OCH3 is 1. The van der Waals surface area contributed by atoms with Gasteiger partial charge in [0, 0.05) is 11.6 Å². The van der Waals surface area contributed by atoms with Crippen LogP contribution in [-0.4, -0.2) is 24.8 Å². The van der Waals surface area contributed by atoms with Crippen LogP contribution >= 0.6 is 0 Å². The molecule has 1 aromatic rings. The van der Waals surface area contributed by atoms with E-state index in [2.05, 4.69) is 0 Å². The van der Waals surface area contributed by atoms with E-state index in [4.69, 9.17) is 9.47 Å². The Morgan fingerprint density at radius 3 is 2.82 bits per heavy atom. The van der Waals surface area contributed by atoms with Crippen molar-refractivity contribution in [1.29, 1.82) is 0 Å². The first-order valence-corrected chi connectivity index (χ1v) is 5.25. The number of carbonyl (C=O) groups excluding carboxylic acids is 1. The largest absolute Gasteiger partial charge is 0.496 e. The van der Waals surface area contributed by atoms with Crippen molar-refractivity contribution in [1.82, 2.24) is 0 Å². The molecule has 1 rings (SSSR count). The van der Waals surface area contributed by atoms with Crippen LogP contribution in [0.4, 0.5) is 4.39 Å². The molecular formula is C12H15FO4. The number of esters is 1. The Balaban J connectivity index is 2.81. The van der Waals surface area contributed by atoms with E-state index in [-0.39, 0.29) is 18.8 Å². The summed E-state index contributed by atoms with van der Waals surface area (Å²) in [6.07, 6.45) is -1.25. The summed E-state index contributed by atoms with van der Waals surface area (Å²) < 4.78 is 22.6. The zero-order valence-corrected chi connectivity index (χ0v) is 9.77. The fourth-order valence-electron chi connectivity index (χ4n) is 1.45. The quantitative estimate of drug-likeness (QED) is 0.800. The zero-order valence-electron chi connectivity index (χ0n) is 9.77. The smallest absolute Gasteiger partial charge is 0.308 e. The molecule has 1 aromatic carbocycles. The van der Waals surface area contributed by atoms with E-state index in [9.17, 15) is 14.3 Å². The molecule has 0 amide bonds. The van der Waals surface area contributed by atoms with Gasteiger partial charge >= 0.3 is 5.97 Å². The summed E-state index contributed by atoms with van der Waals surface area (Å²) in [7, 11) is 1.37. The van der Waals surface area contributed by atoms with Gasteiger partial charge in [0.25, 0.3) is 0 Å². The Hall–Kier alpha value is -1.62. The van der Waals surface area contributed by atoms with Crippen molar-refractivity contribution in [2.75, 3.05) is 13.7 Å². The van der Waals surface area contributed by atoms with Crippen molar-refractivity contribution < 1.29 is 23.8 Å². The third-order valence-electron chi connectivity index (χ3n) is 2.22. The van der Waals surface area contributed by atoms with Crippen molar-refractivity contribution in [3.05, 3.63) is 29.6 Å². The summed E-state index contributed by atoms with van der Waals surface area (Å²) in [6.45, 7) is 1.94. The number of aliphatic hydroxyl groups is 1. The molecule has 1 unspecified atom stereocenters. The third kappa shape index (κ3) is 3.71. The highest BCUT2D eigenvalue weighted by molar-refractivity contribution is 5.70. The second kappa shape index (κ2) is 6.20. The number of hydrogen-bond acceptors (Lipinski definition) is 4. The van der Waals surface area contributed by atoms with Crippen LogP contribution in [-0.2, 0) is 9.53 Å². The minimum atomic E-state index is -1.07. The van der Waals surface area contributed by atoms with Crippen LogP contribution in [0, 0.1) is 5.82 Å². The van der Waals surface area contributed by atoms with Gasteiger partial charge in [-0.3, -0.25) is 4.79 Å². The average Bonchev–Trinajstić information content (AvgIpc) is 2.28. The number of hydrogen-bond donors (Lipinski definition) is 1. The molecule has 0 bridgehead atoms. The minimum Gasteiger partial charge on any atom is -0.496 e. The molecule has 0 aliphatic carbocycles. The van der Waals surface area contributed by atoms with Crippen molar-refractivity contribution in [3.8, 4) is 5.75 Å². The van der Waals surface area contributed by atoms with E-state index in [0.29, 0.717) is 5.56 Å². The second-order valence-corrected chi connectivity index (χ2v) is 3.41. The molecule has 0 saturated heterocycles. The zero-order chi connectivity index (χ0) is 12.8. The topological polar surface area (TPSA) is 55.8 Å². The number of benzene rings is 1. The Morgan fingerprint density at radius 2 is 2.24 bits per heavy atom. The van der Waals surface area contributed by atoms with E-state index in [1.165, 1.54) is 19.2 Å². The van der Waals surface area contributed by atoms with Crippen molar-refractivity contribution in [2.45, 2.75) is 19.4 Å². The highest BCUT2D eigenvalue weighted by Crippen LogP contribution is 2.28. The Bertz CT molecular complexity index is 392. The van der Waals surface area contributed by atoms with Crippen LogP contribution in [0.1, 0.15) is 25.0 Å². The lowest BCUT2D eigenvalue weighted by atomic mass is 10.1. The maximum atomic E-state index is 12.9. The highest BCUT2D eigenvalue weighted by Gasteiger charge is 2.18. The van der Waals surface area contributed by atoms with E-state index in [1.807, 2.05) is 0 Å². The Kier molecular flexibility index (Phi) is 4.90. The van der Waals surface area contributed by atoms with Crippen molar-refractivity contribution in [3.63, 3.8) is 0 Å². The molecule has 0 aliphatic heterocycles. The minimum absolute atomic E-state index is 0.185. The van der Waals surface area contributed by atoms with Gasteiger partial charge in [-0.15, -0.1) is 0 Å². The first-order valence-electron chi connectivity index (χ1n) is 5.25. The fourth-order valence-corrected chi connectivity index (χ4v) is 1.45. The number of ether oxygens (including phenoxy) is 2. The fraction of sp³-hybridized carbons (Fsp3) is 0.417. The maximum absolute atomic E-state index is 12.9. The molecule has 94 valence electrons. The Labute approximate surface area is 99.0 Å². The molecule has 0 aromatic heterocycles. The molecule has 1 N–H and O–H groups in total. The normalized spacial score (nSPS) is 12.0. The van der Waals surface area contributed by atoms with E-state index < -0.39 is 17.9 Å². The SMILES string of the molecule is CCOC(=O)CC(O)c1ccc(F)cc1OC. The van der Waals surface area contributed by atoms with Gasteiger partial charge < -0.3 is 14.6 Å². The van der Waals surface area contributed by atoms with E-state index >= 15 is 0 Å². The third-order valence-corrected chi connectivity index (χ3v) is 2.22. The summed E-state index contributed by atoms with van der Waals surface area (Å²) in [5.41, 5.74) is 0.363. The highest BCUT2D eigenvalue weighted by atomic mass is 19.1. The van der Waals surface area contributed by atoms with E-state index in [0.717, 1.165) is 6.07 Å². The van der Waals surface area contributed by atoms with Gasteiger partial charge in [0.2, 0.25) is 0 Å². The lowest BCUT2D eigenvalue weighted by Gasteiger charge is -2.14. The first kappa shape index (κ1) is 13.4. The van der Waals surface area contributed by atoms with Crippen LogP contribution in [0.2, 0.25) is 0 Å². The molecule has 0 fully saturated rings. The van der Waals surface area contributed by atoms with Crippen LogP contribution < -0.4 is 4.74 Å². The first-order chi connectivity index (χ1) is 8.08. The van der Waals surface area contributed by atoms with E-state index in [1.54, 1.807) is 6.92 Å². The van der Waals surface area contributed by atoms with Crippen LogP contribution in [0.3, 0.4) is 0 Å². The molecular weight excluding hydrogens is 227 g/mol. The lowest BCUT2D eigenvalue weighted by molar-refractivity contribution is -0.145. The van der Waals surface area contributed by atoms with Crippen LogP contribution in [0.25, 0.3) is 0 Å². The van der Waals surface area contributed by atoms with Gasteiger partial charge in [-0.1, -0.05) is 0 Å². The van der Waals surface area contributed by atoms with Gasteiger partial charge in [-0.25, -0.2) is 4.39 Å². The molecule has 0 spiro atoms. The summed E-state index contributed by atoms with van der Waals surface area (Å²) in [6, 6.07) is 3.74. The average molecular weight is 242 g/mol. The maximum Gasteiger partial charge on any atom is 0.308 e. The molecule has 1 atom stereocenters. The molecule has 0 saturated carbocycles. The van der Waals surface area contributed by atoms with Crippen LogP contribution in [0.15, 0.2) is 18.2 Å². The van der Waals surface area contributed by atoms with Gasteiger partial charge in [-0.2, -0.15) is 0 Å². The Morgan fingerprint density at radius 1 is 1.53 bits per heavy atom. The number of aliphatic hydroxyl groups excluding tert-OH is 1. The molecule has 0 heterocycles.